The van der Waals surface area contributed by atoms with Gasteiger partial charge in [0.1, 0.15) is 6.33 Å². The molecule has 0 fully saturated rings. The van der Waals surface area contributed by atoms with Gasteiger partial charge in [-0.15, -0.1) is 0 Å². The van der Waals surface area contributed by atoms with E-state index in [1.165, 1.54) is 17.3 Å². The topological polar surface area (TPSA) is 119 Å². The average Bonchev–Trinajstić information content (AvgIpc) is 3.53. The molecule has 4 aromatic rings. The number of amides is 2. The highest BCUT2D eigenvalue weighted by atomic mass is 19.4. The third kappa shape index (κ3) is 4.52. The van der Waals surface area contributed by atoms with E-state index in [9.17, 15) is 18.0 Å². The Morgan fingerprint density at radius 1 is 1.20 bits per heavy atom. The van der Waals surface area contributed by atoms with Crippen LogP contribution in [-0.2, 0) is 0 Å². The van der Waals surface area contributed by atoms with Gasteiger partial charge in [-0.25, -0.2) is 24.0 Å². The van der Waals surface area contributed by atoms with E-state index >= 15 is 0 Å². The first-order chi connectivity index (χ1) is 16.7. The smallest absolute Gasteiger partial charge is 0.381 e. The molecule has 0 unspecified atom stereocenters. The Morgan fingerprint density at radius 3 is 2.83 bits per heavy atom. The highest BCUT2D eigenvalue weighted by Gasteiger charge is 2.32. The Kier molecular flexibility index (Phi) is 5.38. The fourth-order valence-electron chi connectivity index (χ4n) is 3.91. The number of hydrogen-bond acceptors (Lipinski definition) is 6. The average molecular weight is 483 g/mol. The first kappa shape index (κ1) is 22.4. The molecule has 1 aliphatic rings. The molecule has 4 heterocycles. The van der Waals surface area contributed by atoms with Crippen LogP contribution < -0.4 is 11.1 Å². The van der Waals surface area contributed by atoms with E-state index < -0.39 is 18.6 Å². The van der Waals surface area contributed by atoms with E-state index in [1.54, 1.807) is 39.9 Å². The van der Waals surface area contributed by atoms with Crippen molar-refractivity contribution in [3.63, 3.8) is 0 Å². The molecule has 0 aliphatic carbocycles. The number of carbonyl (C=O) groups excluding carboxylic acids is 1. The number of fused-ring (bicyclic) bond motifs is 1. The molecule has 10 nitrogen and oxygen atoms in total. The van der Waals surface area contributed by atoms with Crippen molar-refractivity contribution in [2.75, 3.05) is 24.1 Å². The number of nitrogens with zero attached hydrogens (tertiary/aromatic N) is 7. The standard InChI is InChI=1S/C22H20F3N9O/c1-13-2-3-16(31-21(35)32-5-4-14(10-32)7-22(23,24)25)6-17(13)33-11-15(8-29-33)18-9-27-20-19(26)28-12-30-34(18)20/h2-4,6,8-9,11-12H,5,7,10H2,1H3,(H,31,35)(H2,26,28,30). The maximum absolute atomic E-state index is 12.6. The van der Waals surface area contributed by atoms with Crippen LogP contribution in [0.3, 0.4) is 0 Å². The molecule has 0 bridgehead atoms. The van der Waals surface area contributed by atoms with Gasteiger partial charge in [0.2, 0.25) is 0 Å². The van der Waals surface area contributed by atoms with E-state index in [0.717, 1.165) is 11.1 Å². The highest BCUT2D eigenvalue weighted by molar-refractivity contribution is 5.90. The van der Waals surface area contributed by atoms with Crippen LogP contribution in [0.25, 0.3) is 22.6 Å². The number of aryl methyl sites for hydroxylation is 1. The van der Waals surface area contributed by atoms with Crippen LogP contribution in [0.4, 0.5) is 29.5 Å². The normalized spacial score (nSPS) is 13.9. The summed E-state index contributed by atoms with van der Waals surface area (Å²) in [6, 6.07) is 4.83. The molecule has 5 rings (SSSR count). The molecular weight excluding hydrogens is 463 g/mol. The molecule has 1 aromatic carbocycles. The van der Waals surface area contributed by atoms with Crippen molar-refractivity contribution in [3.8, 4) is 16.9 Å². The van der Waals surface area contributed by atoms with Crippen LogP contribution >= 0.6 is 0 Å². The monoisotopic (exact) mass is 483 g/mol. The van der Waals surface area contributed by atoms with Gasteiger partial charge < -0.3 is 16.0 Å². The van der Waals surface area contributed by atoms with Gasteiger partial charge in [0.15, 0.2) is 11.5 Å². The lowest BCUT2D eigenvalue weighted by Crippen LogP contribution is -2.33. The van der Waals surface area contributed by atoms with Crippen LogP contribution in [0, 0.1) is 6.92 Å². The van der Waals surface area contributed by atoms with Gasteiger partial charge in [-0.05, 0) is 30.2 Å². The summed E-state index contributed by atoms with van der Waals surface area (Å²) in [7, 11) is 0. The Labute approximate surface area is 196 Å². The summed E-state index contributed by atoms with van der Waals surface area (Å²) >= 11 is 0. The highest BCUT2D eigenvalue weighted by Crippen LogP contribution is 2.28. The Hall–Kier alpha value is -4.42. The summed E-state index contributed by atoms with van der Waals surface area (Å²) < 4.78 is 41.1. The third-order valence-electron chi connectivity index (χ3n) is 5.63. The van der Waals surface area contributed by atoms with Gasteiger partial charge in [0.25, 0.3) is 0 Å². The number of imidazole rings is 1. The first-order valence-electron chi connectivity index (χ1n) is 10.6. The van der Waals surface area contributed by atoms with E-state index in [0.29, 0.717) is 22.7 Å². The zero-order valence-corrected chi connectivity index (χ0v) is 18.5. The number of hydrogen-bond donors (Lipinski definition) is 2. The summed E-state index contributed by atoms with van der Waals surface area (Å²) in [6.45, 7) is 1.98. The number of nitrogens with two attached hydrogens (primary N) is 1. The zero-order chi connectivity index (χ0) is 24.7. The number of carbonyl (C=O) groups is 1. The minimum atomic E-state index is -4.30. The molecular formula is C22H20F3N9O. The van der Waals surface area contributed by atoms with Crippen molar-refractivity contribution in [1.29, 1.82) is 0 Å². The van der Waals surface area contributed by atoms with Crippen molar-refractivity contribution in [2.45, 2.75) is 19.5 Å². The van der Waals surface area contributed by atoms with Crippen molar-refractivity contribution < 1.29 is 18.0 Å². The number of rotatable bonds is 4. The predicted molar refractivity (Wildman–Crippen MR) is 122 cm³/mol. The molecule has 180 valence electrons. The second kappa shape index (κ2) is 8.42. The van der Waals surface area contributed by atoms with Crippen LogP contribution in [-0.4, -0.2) is 59.6 Å². The largest absolute Gasteiger partial charge is 0.392 e. The summed E-state index contributed by atoms with van der Waals surface area (Å²) in [4.78, 5) is 22.1. The molecule has 35 heavy (non-hydrogen) atoms. The molecule has 0 saturated heterocycles. The molecule has 0 atom stereocenters. The summed E-state index contributed by atoms with van der Waals surface area (Å²) in [5.74, 6) is 0.261. The Balaban J connectivity index is 1.34. The third-order valence-corrected chi connectivity index (χ3v) is 5.63. The maximum Gasteiger partial charge on any atom is 0.392 e. The fourth-order valence-corrected chi connectivity index (χ4v) is 3.91. The number of aromatic nitrogens is 6. The Morgan fingerprint density at radius 2 is 2.03 bits per heavy atom. The first-order valence-corrected chi connectivity index (χ1v) is 10.6. The van der Waals surface area contributed by atoms with Crippen molar-refractivity contribution >= 4 is 23.2 Å². The lowest BCUT2D eigenvalue weighted by molar-refractivity contribution is -0.127. The fraction of sp³-hybridized carbons (Fsp3) is 0.227. The summed E-state index contributed by atoms with van der Waals surface area (Å²) in [5, 5.41) is 11.4. The van der Waals surface area contributed by atoms with Gasteiger partial charge in [0.05, 0.1) is 30.2 Å². The van der Waals surface area contributed by atoms with Gasteiger partial charge in [0, 0.05) is 30.5 Å². The van der Waals surface area contributed by atoms with Crippen LogP contribution in [0.5, 0.6) is 0 Å². The SMILES string of the molecule is Cc1ccc(NC(=O)N2CC=C(CC(F)(F)F)C2)cc1-n1cc(-c2cnc3c(N)ncnn23)cn1. The molecule has 0 saturated carbocycles. The number of benzene rings is 1. The van der Waals surface area contributed by atoms with Crippen molar-refractivity contribution in [2.24, 2.45) is 0 Å². The van der Waals surface area contributed by atoms with E-state index in [2.05, 4.69) is 25.5 Å². The molecule has 1 aliphatic heterocycles. The molecule has 0 radical (unpaired) electrons. The minimum Gasteiger partial charge on any atom is -0.381 e. The quantitative estimate of drug-likeness (QED) is 0.428. The number of nitrogen functional groups attached to an aromatic ring is 1. The lowest BCUT2D eigenvalue weighted by Gasteiger charge is -2.18. The van der Waals surface area contributed by atoms with Crippen LogP contribution in [0.1, 0.15) is 12.0 Å². The van der Waals surface area contributed by atoms with Gasteiger partial charge >= 0.3 is 12.2 Å². The minimum absolute atomic E-state index is 0.0556. The van der Waals surface area contributed by atoms with Crippen molar-refractivity contribution in [1.82, 2.24) is 34.3 Å². The number of alkyl halides is 3. The Bertz CT molecular complexity index is 1450. The predicted octanol–water partition coefficient (Wildman–Crippen LogP) is 3.59. The summed E-state index contributed by atoms with van der Waals surface area (Å²) in [6.07, 6.45) is 2.55. The second-order valence-electron chi connectivity index (χ2n) is 8.16. The molecule has 13 heteroatoms. The lowest BCUT2D eigenvalue weighted by atomic mass is 10.2. The maximum atomic E-state index is 12.6. The van der Waals surface area contributed by atoms with Crippen LogP contribution in [0.2, 0.25) is 0 Å². The van der Waals surface area contributed by atoms with E-state index in [4.69, 9.17) is 5.73 Å². The number of anilines is 2. The molecule has 3 aromatic heterocycles. The molecule has 3 N–H and O–H groups in total. The molecule has 0 spiro atoms. The molecule has 2 amide bonds. The second-order valence-corrected chi connectivity index (χ2v) is 8.16. The van der Waals surface area contributed by atoms with Gasteiger partial charge in [-0.3, -0.25) is 0 Å². The van der Waals surface area contributed by atoms with E-state index in [-0.39, 0.29) is 24.5 Å². The number of halogens is 3. The summed E-state index contributed by atoms with van der Waals surface area (Å²) in [5.41, 5.74) is 10.0. The van der Waals surface area contributed by atoms with Crippen LogP contribution in [0.15, 0.2) is 54.8 Å². The van der Waals surface area contributed by atoms with Gasteiger partial charge in [-0.1, -0.05) is 12.1 Å². The van der Waals surface area contributed by atoms with E-state index in [1.807, 2.05) is 13.0 Å². The zero-order valence-electron chi connectivity index (χ0n) is 18.5. The number of nitrogens with one attached hydrogen (secondary N) is 1. The van der Waals surface area contributed by atoms with Crippen molar-refractivity contribution in [3.05, 3.63) is 60.3 Å². The number of urea groups is 1. The van der Waals surface area contributed by atoms with Gasteiger partial charge in [-0.2, -0.15) is 23.4 Å².